The van der Waals surface area contributed by atoms with Crippen LogP contribution in [0.2, 0.25) is 0 Å². The van der Waals surface area contributed by atoms with Gasteiger partial charge in [0.25, 0.3) is 6.43 Å². The zero-order valence-electron chi connectivity index (χ0n) is 15.9. The predicted molar refractivity (Wildman–Crippen MR) is 108 cm³/mol. The summed E-state index contributed by atoms with van der Waals surface area (Å²) in [6.45, 7) is 18.5. The van der Waals surface area contributed by atoms with E-state index >= 15 is 0 Å². The number of nitrogens with one attached hydrogen (secondary N) is 2. The minimum atomic E-state index is -2.45. The van der Waals surface area contributed by atoms with Crippen LogP contribution in [0.15, 0.2) is 78.8 Å². The van der Waals surface area contributed by atoms with E-state index in [1.807, 2.05) is 18.9 Å². The first-order valence-corrected chi connectivity index (χ1v) is 8.20. The Labute approximate surface area is 156 Å². The number of rotatable bonds is 12. The molecule has 142 valence electrons. The summed E-state index contributed by atoms with van der Waals surface area (Å²) in [5.41, 5.74) is 5.77. The average Bonchev–Trinajstić information content (AvgIpc) is 2.59. The van der Waals surface area contributed by atoms with Crippen LogP contribution < -0.4 is 5.32 Å². The molecule has 0 aromatic heterocycles. The average molecular weight is 361 g/mol. The van der Waals surface area contributed by atoms with Crippen molar-refractivity contribution < 1.29 is 8.78 Å². The van der Waals surface area contributed by atoms with E-state index in [2.05, 4.69) is 37.4 Å². The van der Waals surface area contributed by atoms with Crippen molar-refractivity contribution in [1.82, 2.24) is 10.2 Å². The van der Waals surface area contributed by atoms with Crippen LogP contribution in [-0.2, 0) is 0 Å². The van der Waals surface area contributed by atoms with E-state index < -0.39 is 13.0 Å². The van der Waals surface area contributed by atoms with Crippen LogP contribution in [0, 0.1) is 5.41 Å². The molecule has 0 aliphatic rings. The van der Waals surface area contributed by atoms with Crippen molar-refractivity contribution >= 4 is 5.71 Å². The molecule has 0 fully saturated rings. The Morgan fingerprint density at radius 2 is 1.92 bits per heavy atom. The molecule has 0 aliphatic carbocycles. The Morgan fingerprint density at radius 1 is 1.31 bits per heavy atom. The molecule has 0 rings (SSSR count). The van der Waals surface area contributed by atoms with Crippen molar-refractivity contribution in [3.63, 3.8) is 0 Å². The van der Waals surface area contributed by atoms with Crippen molar-refractivity contribution in [1.29, 1.82) is 5.41 Å². The molecule has 0 spiro atoms. The summed E-state index contributed by atoms with van der Waals surface area (Å²) < 4.78 is 25.2. The highest BCUT2D eigenvalue weighted by atomic mass is 19.3. The summed E-state index contributed by atoms with van der Waals surface area (Å²) in [6, 6.07) is -0.197. The number of nitrogens with zero attached hydrogens (tertiary/aromatic N) is 1. The first kappa shape index (κ1) is 23.5. The van der Waals surface area contributed by atoms with E-state index in [0.717, 1.165) is 11.1 Å². The van der Waals surface area contributed by atoms with Crippen molar-refractivity contribution in [2.24, 2.45) is 0 Å². The minimum absolute atomic E-state index is 0.197. The third-order valence-corrected chi connectivity index (χ3v) is 3.74. The molecule has 0 bridgehead atoms. The van der Waals surface area contributed by atoms with Crippen LogP contribution in [0.4, 0.5) is 8.78 Å². The van der Waals surface area contributed by atoms with Gasteiger partial charge >= 0.3 is 0 Å². The van der Waals surface area contributed by atoms with Gasteiger partial charge in [-0.15, -0.1) is 5.73 Å². The molecule has 0 saturated heterocycles. The van der Waals surface area contributed by atoms with Gasteiger partial charge in [-0.3, -0.25) is 4.90 Å². The molecular weight excluding hydrogens is 332 g/mol. The number of likely N-dealkylation sites (N-methyl/N-ethyl adjacent to an activating group) is 1. The molecule has 5 heteroatoms. The number of hydrogen-bond acceptors (Lipinski definition) is 3. The lowest BCUT2D eigenvalue weighted by Gasteiger charge is -2.29. The molecule has 0 heterocycles. The summed E-state index contributed by atoms with van der Waals surface area (Å²) in [5, 5.41) is 10.9. The molecule has 0 aromatic rings. The van der Waals surface area contributed by atoms with Crippen molar-refractivity contribution in [3.8, 4) is 0 Å². The van der Waals surface area contributed by atoms with Crippen LogP contribution in [0.25, 0.3) is 0 Å². The van der Waals surface area contributed by atoms with Crippen LogP contribution in [0.5, 0.6) is 0 Å². The van der Waals surface area contributed by atoms with E-state index in [4.69, 9.17) is 5.41 Å². The number of alkyl halides is 2. The molecule has 26 heavy (non-hydrogen) atoms. The van der Waals surface area contributed by atoms with Gasteiger partial charge in [0.15, 0.2) is 0 Å². The van der Waals surface area contributed by atoms with Gasteiger partial charge in [0.1, 0.15) is 0 Å². The topological polar surface area (TPSA) is 39.1 Å². The zero-order chi connectivity index (χ0) is 20.3. The number of allylic oxidation sites excluding steroid dienone is 6. The smallest absolute Gasteiger partial charge is 0.255 e. The van der Waals surface area contributed by atoms with Crippen molar-refractivity contribution in [3.05, 3.63) is 78.8 Å². The van der Waals surface area contributed by atoms with E-state index in [-0.39, 0.29) is 11.8 Å². The van der Waals surface area contributed by atoms with E-state index in [1.165, 1.54) is 6.08 Å². The monoisotopic (exact) mass is 361 g/mol. The molecule has 0 aliphatic heterocycles. The quantitative estimate of drug-likeness (QED) is 0.302. The van der Waals surface area contributed by atoms with Gasteiger partial charge in [-0.1, -0.05) is 38.0 Å². The highest BCUT2D eigenvalue weighted by Gasteiger charge is 2.18. The molecule has 1 atom stereocenters. The molecule has 0 radical (unpaired) electrons. The van der Waals surface area contributed by atoms with Crippen molar-refractivity contribution in [2.75, 3.05) is 20.1 Å². The third kappa shape index (κ3) is 8.06. The number of hydrogen-bond donors (Lipinski definition) is 2. The molecule has 3 nitrogen and oxygen atoms in total. The van der Waals surface area contributed by atoms with Gasteiger partial charge in [0.05, 0.1) is 12.3 Å². The second-order valence-electron chi connectivity index (χ2n) is 5.91. The lowest BCUT2D eigenvalue weighted by atomic mass is 10.0. The Hall–Kier alpha value is -2.49. The number of halogens is 2. The SMILES string of the molecule is C=C=C/C(C=C)=C(\CN(C)C(C)/C(=C/C(=C)C)NCC(F)F)C(=N)C=C. The summed E-state index contributed by atoms with van der Waals surface area (Å²) >= 11 is 0. The Kier molecular flexibility index (Phi) is 10.8. The largest absolute Gasteiger partial charge is 0.381 e. The first-order chi connectivity index (χ1) is 12.2. The fraction of sp³-hybridized carbons (Fsp3) is 0.333. The first-order valence-electron chi connectivity index (χ1n) is 8.20. The lowest BCUT2D eigenvalue weighted by Crippen LogP contribution is -2.39. The Bertz CT molecular complexity index is 650. The second kappa shape index (κ2) is 12.0. The summed E-state index contributed by atoms with van der Waals surface area (Å²) in [4.78, 5) is 1.95. The highest BCUT2D eigenvalue weighted by molar-refractivity contribution is 6.07. The van der Waals surface area contributed by atoms with Gasteiger partial charge in [-0.2, -0.15) is 0 Å². The van der Waals surface area contributed by atoms with Gasteiger partial charge < -0.3 is 10.7 Å². The maximum atomic E-state index is 12.6. The second-order valence-corrected chi connectivity index (χ2v) is 5.91. The zero-order valence-corrected chi connectivity index (χ0v) is 15.9. The maximum Gasteiger partial charge on any atom is 0.255 e. The van der Waals surface area contributed by atoms with E-state index in [9.17, 15) is 8.78 Å². The van der Waals surface area contributed by atoms with Gasteiger partial charge in [-0.05, 0) is 50.3 Å². The third-order valence-electron chi connectivity index (χ3n) is 3.74. The minimum Gasteiger partial charge on any atom is -0.381 e. The molecule has 2 N–H and O–H groups in total. The fourth-order valence-electron chi connectivity index (χ4n) is 2.24. The van der Waals surface area contributed by atoms with Gasteiger partial charge in [-0.25, -0.2) is 8.78 Å². The van der Waals surface area contributed by atoms with Crippen LogP contribution >= 0.6 is 0 Å². The molecule has 0 aromatic carbocycles. The molecule has 0 saturated carbocycles. The summed E-state index contributed by atoms with van der Waals surface area (Å²) in [7, 11) is 1.86. The van der Waals surface area contributed by atoms with Gasteiger partial charge in [0, 0.05) is 18.3 Å². The molecule has 1 unspecified atom stereocenters. The van der Waals surface area contributed by atoms with E-state index in [1.54, 1.807) is 25.2 Å². The highest BCUT2D eigenvalue weighted by Crippen LogP contribution is 2.16. The Balaban J connectivity index is 5.68. The lowest BCUT2D eigenvalue weighted by molar-refractivity contribution is 0.147. The predicted octanol–water partition coefficient (Wildman–Crippen LogP) is 4.65. The molecule has 0 amide bonds. The van der Waals surface area contributed by atoms with Crippen LogP contribution in [-0.4, -0.2) is 43.2 Å². The summed E-state index contributed by atoms with van der Waals surface area (Å²) in [5.74, 6) is 0. The van der Waals surface area contributed by atoms with Crippen LogP contribution in [0.1, 0.15) is 13.8 Å². The standard InChI is InChI=1S/C21H29F2N3/c1-8-11-17(9-2)18(19(24)10-3)14-26(7)16(6)20(12-15(4)5)25-13-21(22)23/h9-12,16,21,24-25H,1-4,13-14H2,5-7H3/b18-17+,20-12-,24-19?. The van der Waals surface area contributed by atoms with Crippen LogP contribution in [0.3, 0.4) is 0 Å². The fourth-order valence-corrected chi connectivity index (χ4v) is 2.24. The molecular formula is C21H29F2N3. The van der Waals surface area contributed by atoms with Crippen molar-refractivity contribution in [2.45, 2.75) is 26.3 Å². The summed E-state index contributed by atoms with van der Waals surface area (Å²) in [6.07, 6.45) is 4.04. The Morgan fingerprint density at radius 3 is 2.35 bits per heavy atom. The normalized spacial score (nSPS) is 13.6. The van der Waals surface area contributed by atoms with Gasteiger partial charge in [0.2, 0.25) is 0 Å². The maximum absolute atomic E-state index is 12.6. The van der Waals surface area contributed by atoms with E-state index in [0.29, 0.717) is 17.8 Å².